The van der Waals surface area contributed by atoms with Crippen molar-refractivity contribution < 1.29 is 14.3 Å². The average molecular weight is 281 g/mol. The van der Waals surface area contributed by atoms with Crippen molar-refractivity contribution in [2.24, 2.45) is 0 Å². The van der Waals surface area contributed by atoms with Crippen LogP contribution in [0.4, 0.5) is 0 Å². The van der Waals surface area contributed by atoms with Gasteiger partial charge in [-0.05, 0) is 49.2 Å². The van der Waals surface area contributed by atoms with E-state index in [1.54, 1.807) is 6.07 Å². The van der Waals surface area contributed by atoms with Gasteiger partial charge in [-0.15, -0.1) is 0 Å². The van der Waals surface area contributed by atoms with Crippen LogP contribution in [0.15, 0.2) is 40.8 Å². The molecule has 0 atom stereocenters. The van der Waals surface area contributed by atoms with Gasteiger partial charge in [-0.1, -0.05) is 18.6 Å². The molecule has 1 aromatic heterocycles. The number of hydrogen-bond acceptors (Lipinski definition) is 3. The fourth-order valence-electron chi connectivity index (χ4n) is 2.37. The van der Waals surface area contributed by atoms with Crippen molar-refractivity contribution in [3.63, 3.8) is 0 Å². The average Bonchev–Trinajstić information content (AvgIpc) is 2.89. The lowest BCUT2D eigenvalue weighted by Crippen LogP contribution is -1.94. The summed E-state index contributed by atoms with van der Waals surface area (Å²) in [6.07, 6.45) is 0.943. The third kappa shape index (κ3) is 2.52. The van der Waals surface area contributed by atoms with Crippen LogP contribution in [0.3, 0.4) is 0 Å². The van der Waals surface area contributed by atoms with Crippen molar-refractivity contribution in [2.45, 2.75) is 20.3 Å². The highest BCUT2D eigenvalue weighted by Crippen LogP contribution is 2.26. The summed E-state index contributed by atoms with van der Waals surface area (Å²) in [5, 5.41) is 9.01. The zero-order chi connectivity index (χ0) is 15.0. The molecule has 0 aliphatic carbocycles. The molecule has 4 heteroatoms. The molecule has 0 radical (unpaired) electrons. The van der Waals surface area contributed by atoms with Crippen molar-refractivity contribution in [1.29, 1.82) is 0 Å². The SMILES string of the molecule is CCc1cc(C)cc(-c2nc3ccc(C(=O)O)cc3o2)c1. The number of carboxylic acid groups (broad SMARTS) is 1. The zero-order valence-electron chi connectivity index (χ0n) is 11.9. The van der Waals surface area contributed by atoms with E-state index in [-0.39, 0.29) is 5.56 Å². The van der Waals surface area contributed by atoms with Gasteiger partial charge >= 0.3 is 5.97 Å². The van der Waals surface area contributed by atoms with Crippen LogP contribution in [0.5, 0.6) is 0 Å². The summed E-state index contributed by atoms with van der Waals surface area (Å²) in [6, 6.07) is 10.9. The minimum Gasteiger partial charge on any atom is -0.478 e. The second-order valence-corrected chi connectivity index (χ2v) is 5.07. The Morgan fingerprint density at radius 2 is 2.05 bits per heavy atom. The van der Waals surface area contributed by atoms with Crippen LogP contribution in [0.25, 0.3) is 22.6 Å². The maximum atomic E-state index is 11.0. The molecule has 2 aromatic carbocycles. The monoisotopic (exact) mass is 281 g/mol. The lowest BCUT2D eigenvalue weighted by atomic mass is 10.0. The van der Waals surface area contributed by atoms with E-state index in [4.69, 9.17) is 9.52 Å². The molecular formula is C17H15NO3. The fraction of sp³-hybridized carbons (Fsp3) is 0.176. The van der Waals surface area contributed by atoms with Crippen LogP contribution in [0.1, 0.15) is 28.4 Å². The van der Waals surface area contributed by atoms with Crippen LogP contribution >= 0.6 is 0 Å². The number of oxazole rings is 1. The molecule has 0 spiro atoms. The van der Waals surface area contributed by atoms with Crippen LogP contribution in [0.2, 0.25) is 0 Å². The molecule has 0 bridgehead atoms. The second kappa shape index (κ2) is 5.05. The van der Waals surface area contributed by atoms with Crippen molar-refractivity contribution in [3.05, 3.63) is 53.1 Å². The van der Waals surface area contributed by atoms with Crippen molar-refractivity contribution in [1.82, 2.24) is 4.98 Å². The van der Waals surface area contributed by atoms with Gasteiger partial charge in [0.25, 0.3) is 0 Å². The van der Waals surface area contributed by atoms with Crippen molar-refractivity contribution in [3.8, 4) is 11.5 Å². The normalized spacial score (nSPS) is 11.0. The Hall–Kier alpha value is -2.62. The van der Waals surface area contributed by atoms with E-state index in [0.717, 1.165) is 17.5 Å². The lowest BCUT2D eigenvalue weighted by molar-refractivity contribution is 0.0697. The predicted octanol–water partition coefficient (Wildman–Crippen LogP) is 4.06. The van der Waals surface area contributed by atoms with E-state index in [9.17, 15) is 4.79 Å². The minimum absolute atomic E-state index is 0.198. The smallest absolute Gasteiger partial charge is 0.335 e. The van der Waals surface area contributed by atoms with Crippen molar-refractivity contribution in [2.75, 3.05) is 0 Å². The summed E-state index contributed by atoms with van der Waals surface area (Å²) < 4.78 is 5.72. The van der Waals surface area contributed by atoms with Crippen LogP contribution in [-0.4, -0.2) is 16.1 Å². The summed E-state index contributed by atoms with van der Waals surface area (Å²) in [6.45, 7) is 4.14. The number of carboxylic acids is 1. The highest BCUT2D eigenvalue weighted by atomic mass is 16.4. The Kier molecular flexibility index (Phi) is 3.22. The molecule has 3 aromatic rings. The predicted molar refractivity (Wildman–Crippen MR) is 80.5 cm³/mol. The van der Waals surface area contributed by atoms with Gasteiger partial charge in [0.1, 0.15) is 5.52 Å². The largest absolute Gasteiger partial charge is 0.478 e. The van der Waals surface area contributed by atoms with Gasteiger partial charge in [0.05, 0.1) is 5.56 Å². The molecule has 1 N–H and O–H groups in total. The van der Waals surface area contributed by atoms with Gasteiger partial charge in [0, 0.05) is 5.56 Å². The number of fused-ring (bicyclic) bond motifs is 1. The molecule has 0 saturated carbocycles. The first-order valence-electron chi connectivity index (χ1n) is 6.81. The number of benzene rings is 2. The molecule has 0 unspecified atom stereocenters. The Morgan fingerprint density at radius 1 is 1.24 bits per heavy atom. The first-order valence-corrected chi connectivity index (χ1v) is 6.81. The molecule has 1 heterocycles. The first kappa shape index (κ1) is 13.4. The lowest BCUT2D eigenvalue weighted by Gasteiger charge is -2.02. The molecule has 0 aliphatic heterocycles. The maximum absolute atomic E-state index is 11.0. The highest BCUT2D eigenvalue weighted by Gasteiger charge is 2.12. The summed E-state index contributed by atoms with van der Waals surface area (Å²) in [4.78, 5) is 15.4. The van der Waals surface area contributed by atoms with Crippen LogP contribution in [-0.2, 0) is 6.42 Å². The second-order valence-electron chi connectivity index (χ2n) is 5.07. The van der Waals surface area contributed by atoms with E-state index in [0.29, 0.717) is 17.0 Å². The molecule has 4 nitrogen and oxygen atoms in total. The quantitative estimate of drug-likeness (QED) is 0.786. The van der Waals surface area contributed by atoms with Gasteiger partial charge in [-0.2, -0.15) is 0 Å². The Bertz CT molecular complexity index is 833. The molecule has 21 heavy (non-hydrogen) atoms. The Labute approximate surface area is 122 Å². The number of aryl methyl sites for hydroxylation is 2. The van der Waals surface area contributed by atoms with E-state index >= 15 is 0 Å². The Morgan fingerprint density at radius 3 is 2.76 bits per heavy atom. The van der Waals surface area contributed by atoms with Gasteiger partial charge in [-0.25, -0.2) is 9.78 Å². The minimum atomic E-state index is -0.973. The summed E-state index contributed by atoms with van der Waals surface area (Å²) in [5.74, 6) is -0.454. The third-order valence-electron chi connectivity index (χ3n) is 3.43. The number of aromatic carboxylic acids is 1. The van der Waals surface area contributed by atoms with E-state index in [2.05, 4.69) is 24.0 Å². The zero-order valence-corrected chi connectivity index (χ0v) is 11.9. The standard InChI is InChI=1S/C17H15NO3/c1-3-11-6-10(2)7-13(8-11)16-18-14-5-4-12(17(19)20)9-15(14)21-16/h4-9H,3H2,1-2H3,(H,19,20). The van der Waals surface area contributed by atoms with Gasteiger partial charge in [-0.3, -0.25) is 0 Å². The van der Waals surface area contributed by atoms with E-state index < -0.39 is 5.97 Å². The maximum Gasteiger partial charge on any atom is 0.335 e. The number of hydrogen-bond donors (Lipinski definition) is 1. The van der Waals surface area contributed by atoms with Crippen LogP contribution < -0.4 is 0 Å². The molecule has 106 valence electrons. The number of nitrogens with zero attached hydrogens (tertiary/aromatic N) is 1. The van der Waals surface area contributed by atoms with E-state index in [1.165, 1.54) is 17.7 Å². The highest BCUT2D eigenvalue weighted by molar-refractivity contribution is 5.92. The summed E-state index contributed by atoms with van der Waals surface area (Å²) >= 11 is 0. The van der Waals surface area contributed by atoms with Gasteiger partial charge < -0.3 is 9.52 Å². The topological polar surface area (TPSA) is 63.3 Å². The number of rotatable bonds is 3. The van der Waals surface area contributed by atoms with E-state index in [1.807, 2.05) is 13.0 Å². The molecule has 0 saturated heterocycles. The third-order valence-corrected chi connectivity index (χ3v) is 3.43. The molecule has 0 amide bonds. The summed E-state index contributed by atoms with van der Waals surface area (Å²) in [7, 11) is 0. The molecular weight excluding hydrogens is 266 g/mol. The number of aromatic nitrogens is 1. The molecule has 3 rings (SSSR count). The first-order chi connectivity index (χ1) is 10.1. The fourth-order valence-corrected chi connectivity index (χ4v) is 2.37. The Balaban J connectivity index is 2.12. The van der Waals surface area contributed by atoms with Crippen LogP contribution in [0, 0.1) is 6.92 Å². The van der Waals surface area contributed by atoms with Crippen molar-refractivity contribution >= 4 is 17.1 Å². The molecule has 0 fully saturated rings. The van der Waals surface area contributed by atoms with Gasteiger partial charge in [0.15, 0.2) is 5.58 Å². The summed E-state index contributed by atoms with van der Waals surface area (Å²) in [5.41, 5.74) is 4.64. The van der Waals surface area contributed by atoms with Gasteiger partial charge in [0.2, 0.25) is 5.89 Å². The molecule has 0 aliphatic rings. The number of carbonyl (C=O) groups is 1.